The minimum atomic E-state index is -3.05. The first-order valence-electron chi connectivity index (χ1n) is 9.07. The third-order valence-electron chi connectivity index (χ3n) is 5.38. The van der Waals surface area contributed by atoms with Crippen molar-refractivity contribution < 1.29 is 27.1 Å². The molecule has 1 fully saturated rings. The highest BCUT2D eigenvalue weighted by Gasteiger charge is 2.64. The highest BCUT2D eigenvalue weighted by Crippen LogP contribution is 2.56. The molecule has 1 aliphatic heterocycles. The van der Waals surface area contributed by atoms with Crippen molar-refractivity contribution in [2.24, 2.45) is 16.6 Å². The fourth-order valence-electron chi connectivity index (χ4n) is 3.93. The molecule has 30 heavy (non-hydrogen) atoms. The van der Waals surface area contributed by atoms with E-state index in [9.17, 15) is 18.0 Å². The number of ether oxygens (including phenoxy) is 1. The van der Waals surface area contributed by atoms with Gasteiger partial charge in [0.15, 0.2) is 17.1 Å². The van der Waals surface area contributed by atoms with Gasteiger partial charge in [0, 0.05) is 24.1 Å². The third-order valence-corrected chi connectivity index (χ3v) is 5.59. The standard InChI is InChI=1S/C20H16ClF4N3O2/c1-8-2-9(4-14(29)17-13(22)5-10(21)7-27-17)3-12(16(8)23)20(18(24)25)11-6-15(11)30-19(26)28-20/h2-3,5,7,11,15,18H,4,6H2,1H3,(H2,26,28)/t11-,15+,20-/m0/s1. The zero-order valence-corrected chi connectivity index (χ0v) is 16.4. The number of Topliss-reactive ketones (excluding diaryl/α,β-unsaturated/α-hetero) is 1. The first kappa shape index (κ1) is 20.6. The number of fused-ring (bicyclic) bond motifs is 1. The molecule has 0 unspecified atom stereocenters. The first-order valence-corrected chi connectivity index (χ1v) is 9.45. The molecule has 3 atom stereocenters. The largest absolute Gasteiger partial charge is 0.462 e. The van der Waals surface area contributed by atoms with Crippen LogP contribution in [0.4, 0.5) is 17.6 Å². The molecule has 1 aliphatic carbocycles. The molecule has 0 amide bonds. The maximum atomic E-state index is 15.0. The second kappa shape index (κ2) is 7.23. The Morgan fingerprint density at radius 2 is 2.10 bits per heavy atom. The summed E-state index contributed by atoms with van der Waals surface area (Å²) in [7, 11) is 0. The maximum absolute atomic E-state index is 15.0. The van der Waals surface area contributed by atoms with Crippen LogP contribution < -0.4 is 5.73 Å². The number of carbonyl (C=O) groups excluding carboxylic acids is 1. The Hall–Kier alpha value is -2.68. The van der Waals surface area contributed by atoms with E-state index in [0.29, 0.717) is 0 Å². The lowest BCUT2D eigenvalue weighted by Crippen LogP contribution is -2.43. The number of nitrogens with zero attached hydrogens (tertiary/aromatic N) is 2. The summed E-state index contributed by atoms with van der Waals surface area (Å²) in [5.74, 6) is -3.20. The van der Waals surface area contributed by atoms with Crippen LogP contribution >= 0.6 is 11.6 Å². The number of benzene rings is 1. The van der Waals surface area contributed by atoms with Crippen LogP contribution in [0.25, 0.3) is 0 Å². The van der Waals surface area contributed by atoms with Gasteiger partial charge in [0.25, 0.3) is 12.4 Å². The molecule has 1 aromatic carbocycles. The van der Waals surface area contributed by atoms with Crippen molar-refractivity contribution in [1.29, 1.82) is 0 Å². The number of halogens is 5. The molecular formula is C20H16ClF4N3O2. The van der Waals surface area contributed by atoms with Gasteiger partial charge in [-0.2, -0.15) is 0 Å². The molecule has 10 heteroatoms. The van der Waals surface area contributed by atoms with E-state index in [2.05, 4.69) is 9.98 Å². The van der Waals surface area contributed by atoms with E-state index in [1.165, 1.54) is 13.0 Å². The minimum absolute atomic E-state index is 0.0248. The number of aromatic nitrogens is 1. The summed E-state index contributed by atoms with van der Waals surface area (Å²) in [5, 5.41) is 0.0248. The van der Waals surface area contributed by atoms with Gasteiger partial charge in [0.2, 0.25) is 0 Å². The zero-order valence-electron chi connectivity index (χ0n) is 15.6. The number of hydrogen-bond acceptors (Lipinski definition) is 5. The lowest BCUT2D eigenvalue weighted by atomic mass is 9.82. The Labute approximate surface area is 173 Å². The van der Waals surface area contributed by atoms with E-state index in [1.54, 1.807) is 0 Å². The number of nitrogens with two attached hydrogens (primary N) is 1. The lowest BCUT2D eigenvalue weighted by molar-refractivity contribution is 0.0175. The number of pyridine rings is 1. The quantitative estimate of drug-likeness (QED) is 0.563. The number of ketones is 1. The van der Waals surface area contributed by atoms with Crippen LogP contribution in [-0.4, -0.2) is 29.3 Å². The summed E-state index contributed by atoms with van der Waals surface area (Å²) in [6.07, 6.45) is -2.60. The monoisotopic (exact) mass is 441 g/mol. The van der Waals surface area contributed by atoms with Gasteiger partial charge in [0.05, 0.1) is 5.02 Å². The predicted molar refractivity (Wildman–Crippen MR) is 101 cm³/mol. The first-order chi connectivity index (χ1) is 14.1. The smallest absolute Gasteiger partial charge is 0.283 e. The molecular weight excluding hydrogens is 426 g/mol. The lowest BCUT2D eigenvalue weighted by Gasteiger charge is -2.33. The number of carbonyl (C=O) groups is 1. The van der Waals surface area contributed by atoms with Gasteiger partial charge in [-0.15, -0.1) is 0 Å². The van der Waals surface area contributed by atoms with E-state index >= 15 is 4.39 Å². The van der Waals surface area contributed by atoms with Crippen LogP contribution in [0.1, 0.15) is 33.6 Å². The number of alkyl halides is 2. The molecule has 2 N–H and O–H groups in total. The molecule has 1 aromatic heterocycles. The average molecular weight is 442 g/mol. The normalized spacial score (nSPS) is 24.8. The van der Waals surface area contributed by atoms with Crippen LogP contribution in [0, 0.1) is 24.5 Å². The number of aliphatic imine (C=N–C) groups is 1. The molecule has 2 aromatic rings. The summed E-state index contributed by atoms with van der Waals surface area (Å²) in [4.78, 5) is 20.0. The van der Waals surface area contributed by atoms with Gasteiger partial charge in [-0.05, 0) is 36.6 Å². The van der Waals surface area contributed by atoms with Crippen LogP contribution in [-0.2, 0) is 16.7 Å². The molecule has 0 radical (unpaired) electrons. The van der Waals surface area contributed by atoms with E-state index < -0.39 is 53.1 Å². The van der Waals surface area contributed by atoms with Crippen molar-refractivity contribution in [1.82, 2.24) is 4.98 Å². The van der Waals surface area contributed by atoms with Gasteiger partial charge < -0.3 is 10.5 Å². The fourth-order valence-corrected chi connectivity index (χ4v) is 4.07. The Morgan fingerprint density at radius 1 is 1.37 bits per heavy atom. The molecule has 1 saturated carbocycles. The Morgan fingerprint density at radius 3 is 2.77 bits per heavy atom. The molecule has 5 nitrogen and oxygen atoms in total. The Balaban J connectivity index is 1.76. The van der Waals surface area contributed by atoms with Crippen molar-refractivity contribution >= 4 is 23.4 Å². The highest BCUT2D eigenvalue weighted by molar-refractivity contribution is 6.30. The molecule has 0 saturated heterocycles. The van der Waals surface area contributed by atoms with Gasteiger partial charge in [-0.3, -0.25) is 4.79 Å². The second-order valence-corrected chi connectivity index (χ2v) is 7.87. The summed E-state index contributed by atoms with van der Waals surface area (Å²) >= 11 is 5.64. The third kappa shape index (κ3) is 3.30. The predicted octanol–water partition coefficient (Wildman–Crippen LogP) is 3.94. The van der Waals surface area contributed by atoms with Gasteiger partial charge >= 0.3 is 0 Å². The van der Waals surface area contributed by atoms with E-state index in [0.717, 1.165) is 18.3 Å². The van der Waals surface area contributed by atoms with Crippen LogP contribution in [0.5, 0.6) is 0 Å². The SMILES string of the molecule is Cc1cc(CC(=O)c2ncc(Cl)cc2F)cc([C@@]2(C(F)F)N=C(N)O[C@@H]3C[C@@H]32)c1F. The van der Waals surface area contributed by atoms with E-state index in [1.807, 2.05) is 0 Å². The topological polar surface area (TPSA) is 77.6 Å². The summed E-state index contributed by atoms with van der Waals surface area (Å²) < 4.78 is 62.7. The second-order valence-electron chi connectivity index (χ2n) is 7.43. The zero-order chi connectivity index (χ0) is 21.8. The Bertz CT molecular complexity index is 1080. The molecule has 2 heterocycles. The maximum Gasteiger partial charge on any atom is 0.283 e. The van der Waals surface area contributed by atoms with Crippen molar-refractivity contribution in [3.63, 3.8) is 0 Å². The number of amidine groups is 1. The van der Waals surface area contributed by atoms with E-state index in [-0.39, 0.29) is 34.6 Å². The molecule has 2 aliphatic rings. The van der Waals surface area contributed by atoms with Crippen molar-refractivity contribution in [2.75, 3.05) is 0 Å². The summed E-state index contributed by atoms with van der Waals surface area (Å²) in [5.41, 5.74) is 2.85. The number of rotatable bonds is 5. The van der Waals surface area contributed by atoms with Crippen molar-refractivity contribution in [3.8, 4) is 0 Å². The summed E-state index contributed by atoms with van der Waals surface area (Å²) in [6, 6.07) is 3.03. The van der Waals surface area contributed by atoms with Gasteiger partial charge in [-0.25, -0.2) is 27.5 Å². The average Bonchev–Trinajstić information content (AvgIpc) is 3.43. The Kier molecular flexibility index (Phi) is 4.96. The van der Waals surface area contributed by atoms with E-state index in [4.69, 9.17) is 22.1 Å². The van der Waals surface area contributed by atoms with Crippen molar-refractivity contribution in [3.05, 3.63) is 63.4 Å². The molecule has 0 bridgehead atoms. The minimum Gasteiger partial charge on any atom is -0.462 e. The summed E-state index contributed by atoms with van der Waals surface area (Å²) in [6.45, 7) is 1.39. The van der Waals surface area contributed by atoms with Crippen molar-refractivity contribution in [2.45, 2.75) is 37.8 Å². The fraction of sp³-hybridized carbons (Fsp3) is 0.350. The van der Waals surface area contributed by atoms with Crippen LogP contribution in [0.2, 0.25) is 5.02 Å². The van der Waals surface area contributed by atoms with Crippen LogP contribution in [0.15, 0.2) is 29.4 Å². The van der Waals surface area contributed by atoms with Gasteiger partial charge in [0.1, 0.15) is 17.6 Å². The molecule has 158 valence electrons. The van der Waals surface area contributed by atoms with Gasteiger partial charge in [-0.1, -0.05) is 17.7 Å². The number of hydrogen-bond donors (Lipinski definition) is 1. The number of aryl methyl sites for hydroxylation is 1. The molecule has 4 rings (SSSR count). The highest BCUT2D eigenvalue weighted by atomic mass is 35.5. The molecule has 0 spiro atoms. The van der Waals surface area contributed by atoms with Crippen LogP contribution in [0.3, 0.4) is 0 Å².